The summed E-state index contributed by atoms with van der Waals surface area (Å²) >= 11 is 5.96. The molecule has 23 heavy (non-hydrogen) atoms. The van der Waals surface area contributed by atoms with Crippen LogP contribution in [0.25, 0.3) is 0 Å². The summed E-state index contributed by atoms with van der Waals surface area (Å²) in [6.45, 7) is 6.12. The monoisotopic (exact) mass is 331 g/mol. The van der Waals surface area contributed by atoms with Gasteiger partial charge in [-0.2, -0.15) is 0 Å². The van der Waals surface area contributed by atoms with Crippen LogP contribution in [-0.2, 0) is 4.79 Å². The minimum atomic E-state index is -0.561. The van der Waals surface area contributed by atoms with Crippen LogP contribution in [0.4, 0.5) is 5.69 Å². The number of benzene rings is 2. The molecule has 0 saturated heterocycles. The number of amides is 1. The quantitative estimate of drug-likeness (QED) is 0.784. The van der Waals surface area contributed by atoms with Crippen molar-refractivity contribution in [2.45, 2.75) is 39.2 Å². The van der Waals surface area contributed by atoms with Gasteiger partial charge in [-0.3, -0.25) is 4.79 Å². The van der Waals surface area contributed by atoms with Crippen molar-refractivity contribution >= 4 is 23.2 Å². The smallest absolute Gasteiger partial charge is 0.265 e. The van der Waals surface area contributed by atoms with E-state index >= 15 is 0 Å². The molecular formula is C19H22ClNO2. The number of hydrogen-bond donors (Lipinski definition) is 1. The zero-order chi connectivity index (χ0) is 16.8. The Morgan fingerprint density at radius 3 is 2.57 bits per heavy atom. The lowest BCUT2D eigenvalue weighted by Crippen LogP contribution is -2.32. The molecule has 1 amide bonds. The fraction of sp³-hybridized carbons (Fsp3) is 0.316. The Hall–Kier alpha value is -2.00. The second kappa shape index (κ2) is 8.02. The van der Waals surface area contributed by atoms with E-state index in [1.807, 2.05) is 31.2 Å². The van der Waals surface area contributed by atoms with Gasteiger partial charge in [0, 0.05) is 10.7 Å². The first-order valence-corrected chi connectivity index (χ1v) is 8.21. The lowest BCUT2D eigenvalue weighted by atomic mass is 10.0. The first-order valence-electron chi connectivity index (χ1n) is 7.83. The molecule has 2 rings (SSSR count). The van der Waals surface area contributed by atoms with Gasteiger partial charge in [0.1, 0.15) is 5.75 Å². The van der Waals surface area contributed by atoms with Crippen molar-refractivity contribution in [3.05, 3.63) is 59.1 Å². The molecule has 0 heterocycles. The molecule has 0 aromatic heterocycles. The lowest BCUT2D eigenvalue weighted by molar-refractivity contribution is -0.122. The van der Waals surface area contributed by atoms with Crippen LogP contribution >= 0.6 is 11.6 Å². The maximum atomic E-state index is 12.5. The van der Waals surface area contributed by atoms with Gasteiger partial charge in [0.2, 0.25) is 0 Å². The fourth-order valence-corrected chi connectivity index (χ4v) is 2.53. The minimum absolute atomic E-state index is 0.152. The Kier molecular flexibility index (Phi) is 6.05. The predicted molar refractivity (Wildman–Crippen MR) is 95.3 cm³/mol. The van der Waals surface area contributed by atoms with Crippen molar-refractivity contribution in [2.75, 3.05) is 5.32 Å². The molecule has 0 saturated carbocycles. The summed E-state index contributed by atoms with van der Waals surface area (Å²) in [5.41, 5.74) is 1.94. The number of halogens is 1. The van der Waals surface area contributed by atoms with Crippen LogP contribution in [0.5, 0.6) is 5.75 Å². The van der Waals surface area contributed by atoms with Crippen LogP contribution in [0.3, 0.4) is 0 Å². The Morgan fingerprint density at radius 1 is 1.17 bits per heavy atom. The van der Waals surface area contributed by atoms with Gasteiger partial charge in [-0.15, -0.1) is 0 Å². The number of carbonyl (C=O) groups is 1. The molecule has 0 aliphatic rings. The Morgan fingerprint density at radius 2 is 1.91 bits per heavy atom. The molecule has 0 aliphatic carbocycles. The van der Waals surface area contributed by atoms with Crippen LogP contribution in [0.2, 0.25) is 5.02 Å². The van der Waals surface area contributed by atoms with Crippen LogP contribution in [0.1, 0.15) is 38.7 Å². The molecule has 0 radical (unpaired) electrons. The zero-order valence-corrected chi connectivity index (χ0v) is 14.4. The average molecular weight is 332 g/mol. The van der Waals surface area contributed by atoms with Gasteiger partial charge in [0.05, 0.1) is 0 Å². The van der Waals surface area contributed by atoms with Crippen molar-refractivity contribution in [3.63, 3.8) is 0 Å². The molecule has 0 fully saturated rings. The molecule has 3 nitrogen and oxygen atoms in total. The minimum Gasteiger partial charge on any atom is -0.481 e. The molecule has 0 spiro atoms. The topological polar surface area (TPSA) is 38.3 Å². The summed E-state index contributed by atoms with van der Waals surface area (Å²) in [4.78, 5) is 12.5. The van der Waals surface area contributed by atoms with Crippen molar-refractivity contribution in [3.8, 4) is 5.75 Å². The molecule has 122 valence electrons. The first-order chi connectivity index (χ1) is 11.0. The van der Waals surface area contributed by atoms with E-state index in [2.05, 4.69) is 19.2 Å². The van der Waals surface area contributed by atoms with E-state index in [1.165, 1.54) is 0 Å². The summed E-state index contributed by atoms with van der Waals surface area (Å²) in [5.74, 6) is 0.776. The molecule has 0 bridgehead atoms. The summed E-state index contributed by atoms with van der Waals surface area (Å²) in [7, 11) is 0. The van der Waals surface area contributed by atoms with Crippen molar-refractivity contribution in [1.82, 2.24) is 0 Å². The summed E-state index contributed by atoms with van der Waals surface area (Å²) in [6.07, 6.45) is 0.0102. The first kappa shape index (κ1) is 17.4. The third kappa shape index (κ3) is 4.73. The largest absolute Gasteiger partial charge is 0.481 e. The van der Waals surface area contributed by atoms with Gasteiger partial charge in [0.25, 0.3) is 5.91 Å². The standard InChI is InChI=1S/C19H22ClNO2/c1-4-18(23-15-9-7-8-14(20)12-15)19(22)21-17-11-6-5-10-16(17)13(2)3/h5-13,18H,4H2,1-3H3,(H,21,22). The second-order valence-electron chi connectivity index (χ2n) is 5.70. The van der Waals surface area contributed by atoms with Crippen LogP contribution < -0.4 is 10.1 Å². The third-order valence-corrected chi connectivity index (χ3v) is 3.81. The number of nitrogens with one attached hydrogen (secondary N) is 1. The molecule has 2 aromatic carbocycles. The predicted octanol–water partition coefficient (Wildman–Crippen LogP) is 5.26. The number of anilines is 1. The Bertz CT molecular complexity index is 670. The van der Waals surface area contributed by atoms with Gasteiger partial charge in [-0.05, 0) is 42.2 Å². The average Bonchev–Trinajstić information content (AvgIpc) is 2.53. The van der Waals surface area contributed by atoms with E-state index in [1.54, 1.807) is 24.3 Å². The lowest BCUT2D eigenvalue weighted by Gasteiger charge is -2.19. The number of carbonyl (C=O) groups excluding carboxylic acids is 1. The van der Waals surface area contributed by atoms with E-state index in [0.29, 0.717) is 23.1 Å². The fourth-order valence-electron chi connectivity index (χ4n) is 2.35. The molecular weight excluding hydrogens is 310 g/mol. The van der Waals surface area contributed by atoms with Crippen molar-refractivity contribution in [2.24, 2.45) is 0 Å². The summed E-state index contributed by atoms with van der Waals surface area (Å²) < 4.78 is 5.78. The van der Waals surface area contributed by atoms with E-state index in [-0.39, 0.29) is 5.91 Å². The number of hydrogen-bond acceptors (Lipinski definition) is 2. The Balaban J connectivity index is 2.12. The van der Waals surface area contributed by atoms with E-state index in [4.69, 9.17) is 16.3 Å². The zero-order valence-electron chi connectivity index (χ0n) is 13.7. The van der Waals surface area contributed by atoms with E-state index in [9.17, 15) is 4.79 Å². The molecule has 2 aromatic rings. The van der Waals surface area contributed by atoms with Gasteiger partial charge in [-0.25, -0.2) is 0 Å². The number of ether oxygens (including phenoxy) is 1. The highest BCUT2D eigenvalue weighted by molar-refractivity contribution is 6.30. The summed E-state index contributed by atoms with van der Waals surface area (Å²) in [5, 5.41) is 3.57. The summed E-state index contributed by atoms with van der Waals surface area (Å²) in [6, 6.07) is 14.9. The van der Waals surface area contributed by atoms with Crippen molar-refractivity contribution in [1.29, 1.82) is 0 Å². The Labute approximate surface area is 142 Å². The maximum Gasteiger partial charge on any atom is 0.265 e. The number of rotatable bonds is 6. The van der Waals surface area contributed by atoms with Gasteiger partial charge in [0.15, 0.2) is 6.10 Å². The highest BCUT2D eigenvalue weighted by atomic mass is 35.5. The molecule has 1 unspecified atom stereocenters. The highest BCUT2D eigenvalue weighted by Gasteiger charge is 2.20. The van der Waals surface area contributed by atoms with Gasteiger partial charge in [-0.1, -0.05) is 56.6 Å². The molecule has 1 atom stereocenters. The molecule has 1 N–H and O–H groups in total. The van der Waals surface area contributed by atoms with E-state index in [0.717, 1.165) is 11.3 Å². The maximum absolute atomic E-state index is 12.5. The van der Waals surface area contributed by atoms with Crippen LogP contribution in [0, 0.1) is 0 Å². The van der Waals surface area contributed by atoms with Crippen LogP contribution in [-0.4, -0.2) is 12.0 Å². The van der Waals surface area contributed by atoms with Gasteiger partial charge < -0.3 is 10.1 Å². The third-order valence-electron chi connectivity index (χ3n) is 3.58. The second-order valence-corrected chi connectivity index (χ2v) is 6.14. The SMILES string of the molecule is CCC(Oc1cccc(Cl)c1)C(=O)Nc1ccccc1C(C)C. The molecule has 0 aliphatic heterocycles. The number of para-hydroxylation sites is 1. The normalized spacial score (nSPS) is 12.0. The van der Waals surface area contributed by atoms with Gasteiger partial charge >= 0.3 is 0 Å². The molecule has 4 heteroatoms. The van der Waals surface area contributed by atoms with Crippen molar-refractivity contribution < 1.29 is 9.53 Å². The highest BCUT2D eigenvalue weighted by Crippen LogP contribution is 2.25. The van der Waals surface area contributed by atoms with E-state index < -0.39 is 6.10 Å². The van der Waals surface area contributed by atoms with Crippen LogP contribution in [0.15, 0.2) is 48.5 Å².